The zero-order valence-corrected chi connectivity index (χ0v) is 19.7. The fourth-order valence-corrected chi connectivity index (χ4v) is 6.68. The third-order valence-electron chi connectivity index (χ3n) is 5.87. The third kappa shape index (κ3) is 3.94. The molecule has 168 valence electrons. The predicted octanol–water partition coefficient (Wildman–Crippen LogP) is 4.65. The Bertz CT molecular complexity index is 1400. The van der Waals surface area contributed by atoms with Crippen LogP contribution in [0.5, 0.6) is 5.75 Å². The number of aryl methyl sites for hydroxylation is 2. The SMILES string of the molecule is COc1ccccc1-n1c(SC(C(N)=O)c2ccccc2)nc2sc3c(c2c1=O)CCCC3. The highest BCUT2D eigenvalue weighted by molar-refractivity contribution is 8.00. The second-order valence-electron chi connectivity index (χ2n) is 7.91. The van der Waals surface area contributed by atoms with Gasteiger partial charge in [0.15, 0.2) is 5.16 Å². The number of nitrogens with zero attached hydrogens (tertiary/aromatic N) is 2. The molecule has 8 heteroatoms. The molecule has 2 heterocycles. The van der Waals surface area contributed by atoms with Crippen LogP contribution in [0.1, 0.15) is 34.1 Å². The number of thioether (sulfide) groups is 1. The van der Waals surface area contributed by atoms with Gasteiger partial charge in [0, 0.05) is 4.88 Å². The number of rotatable bonds is 6. The standard InChI is InChI=1S/C25H23N3O3S2/c1-31-18-13-7-6-12-17(18)28-24(30)20-16-11-5-8-14-19(16)32-23(20)27-25(28)33-21(22(26)29)15-9-3-2-4-10-15/h2-4,6-7,9-10,12-13,21H,5,8,11,14H2,1H3,(H2,26,29). The van der Waals surface area contributed by atoms with Gasteiger partial charge >= 0.3 is 0 Å². The maximum Gasteiger partial charge on any atom is 0.267 e. The van der Waals surface area contributed by atoms with Crippen LogP contribution in [0.3, 0.4) is 0 Å². The van der Waals surface area contributed by atoms with Crippen LogP contribution in [0.25, 0.3) is 15.9 Å². The highest BCUT2D eigenvalue weighted by atomic mass is 32.2. The molecule has 0 aliphatic heterocycles. The molecule has 0 fully saturated rings. The molecule has 1 amide bonds. The van der Waals surface area contributed by atoms with Crippen LogP contribution in [0, 0.1) is 0 Å². The van der Waals surface area contributed by atoms with Crippen molar-refractivity contribution in [1.29, 1.82) is 0 Å². The molecule has 2 N–H and O–H groups in total. The topological polar surface area (TPSA) is 87.2 Å². The van der Waals surface area contributed by atoms with Gasteiger partial charge in [-0.2, -0.15) is 0 Å². The van der Waals surface area contributed by atoms with Crippen LogP contribution in [-0.2, 0) is 17.6 Å². The van der Waals surface area contributed by atoms with Gasteiger partial charge in [0.05, 0.1) is 18.2 Å². The summed E-state index contributed by atoms with van der Waals surface area (Å²) in [6.07, 6.45) is 4.06. The van der Waals surface area contributed by atoms with Crippen molar-refractivity contribution >= 4 is 39.2 Å². The molecule has 2 aromatic carbocycles. The number of para-hydroxylation sites is 2. The number of amides is 1. The van der Waals surface area contributed by atoms with Gasteiger partial charge in [-0.1, -0.05) is 54.2 Å². The number of methoxy groups -OCH3 is 1. The van der Waals surface area contributed by atoms with E-state index in [2.05, 4.69) is 0 Å². The summed E-state index contributed by atoms with van der Waals surface area (Å²) in [6.45, 7) is 0. The lowest BCUT2D eigenvalue weighted by molar-refractivity contribution is -0.117. The smallest absolute Gasteiger partial charge is 0.267 e. The van der Waals surface area contributed by atoms with Crippen LogP contribution in [-0.4, -0.2) is 22.6 Å². The van der Waals surface area contributed by atoms with E-state index in [0.717, 1.165) is 41.6 Å². The molecule has 6 nitrogen and oxygen atoms in total. The highest BCUT2D eigenvalue weighted by Crippen LogP contribution is 2.39. The molecule has 1 aliphatic carbocycles. The van der Waals surface area contributed by atoms with Crippen LogP contribution in [0.4, 0.5) is 0 Å². The van der Waals surface area contributed by atoms with Gasteiger partial charge in [-0.25, -0.2) is 4.98 Å². The Morgan fingerprint density at radius 1 is 1.12 bits per heavy atom. The minimum Gasteiger partial charge on any atom is -0.495 e. The number of hydrogen-bond acceptors (Lipinski definition) is 6. The number of fused-ring (bicyclic) bond motifs is 3. The summed E-state index contributed by atoms with van der Waals surface area (Å²) in [6, 6.07) is 16.7. The van der Waals surface area contributed by atoms with E-state index in [9.17, 15) is 9.59 Å². The molecule has 5 rings (SSSR count). The van der Waals surface area contributed by atoms with Gasteiger partial charge in [0.2, 0.25) is 5.91 Å². The fraction of sp³-hybridized carbons (Fsp3) is 0.240. The summed E-state index contributed by atoms with van der Waals surface area (Å²) in [5.74, 6) is 0.0691. The van der Waals surface area contributed by atoms with Crippen molar-refractivity contribution < 1.29 is 9.53 Å². The van der Waals surface area contributed by atoms with E-state index >= 15 is 0 Å². The Morgan fingerprint density at radius 3 is 2.61 bits per heavy atom. The van der Waals surface area contributed by atoms with E-state index in [-0.39, 0.29) is 5.56 Å². The van der Waals surface area contributed by atoms with Crippen LogP contribution in [0.15, 0.2) is 64.5 Å². The minimum absolute atomic E-state index is 0.136. The molecule has 4 aromatic rings. The number of aromatic nitrogens is 2. The normalized spacial score (nSPS) is 14.1. The summed E-state index contributed by atoms with van der Waals surface area (Å²) in [7, 11) is 1.57. The van der Waals surface area contributed by atoms with Crippen molar-refractivity contribution in [3.8, 4) is 11.4 Å². The number of benzene rings is 2. The second-order valence-corrected chi connectivity index (χ2v) is 10.1. The quantitative estimate of drug-likeness (QED) is 0.323. The summed E-state index contributed by atoms with van der Waals surface area (Å²) in [5.41, 5.74) is 8.13. The van der Waals surface area contributed by atoms with Crippen LogP contribution in [0.2, 0.25) is 0 Å². The number of carbonyl (C=O) groups is 1. The van der Waals surface area contributed by atoms with Gasteiger partial charge in [0.1, 0.15) is 15.8 Å². The van der Waals surface area contributed by atoms with Crippen molar-refractivity contribution in [2.45, 2.75) is 36.1 Å². The number of thiophene rings is 1. The summed E-state index contributed by atoms with van der Waals surface area (Å²) in [5, 5.41) is 0.412. The van der Waals surface area contributed by atoms with Crippen molar-refractivity contribution in [2.24, 2.45) is 5.73 Å². The zero-order valence-electron chi connectivity index (χ0n) is 18.1. The van der Waals surface area contributed by atoms with Gasteiger partial charge in [-0.15, -0.1) is 11.3 Å². The molecule has 0 saturated carbocycles. The number of primary amides is 1. The van der Waals surface area contributed by atoms with Gasteiger partial charge in [-0.05, 0) is 48.9 Å². The van der Waals surface area contributed by atoms with Crippen molar-refractivity contribution in [3.63, 3.8) is 0 Å². The monoisotopic (exact) mass is 477 g/mol. The van der Waals surface area contributed by atoms with Crippen molar-refractivity contribution in [2.75, 3.05) is 7.11 Å². The van der Waals surface area contributed by atoms with Gasteiger partial charge < -0.3 is 10.5 Å². The first-order valence-electron chi connectivity index (χ1n) is 10.8. The molecule has 1 unspecified atom stereocenters. The predicted molar refractivity (Wildman–Crippen MR) is 133 cm³/mol. The Hall–Kier alpha value is -3.10. The summed E-state index contributed by atoms with van der Waals surface area (Å²) >= 11 is 2.78. The van der Waals surface area contributed by atoms with Gasteiger partial charge in [0.25, 0.3) is 5.56 Å². The van der Waals surface area contributed by atoms with Crippen molar-refractivity contribution in [3.05, 3.63) is 81.0 Å². The Morgan fingerprint density at radius 2 is 1.85 bits per heavy atom. The molecule has 0 radical (unpaired) electrons. The third-order valence-corrected chi connectivity index (χ3v) is 8.28. The number of ether oxygens (including phenoxy) is 1. The van der Waals surface area contributed by atoms with Crippen LogP contribution < -0.4 is 16.0 Å². The minimum atomic E-state index is -0.689. The first-order chi connectivity index (χ1) is 16.1. The van der Waals surface area contributed by atoms with E-state index in [0.29, 0.717) is 22.0 Å². The average molecular weight is 478 g/mol. The molecule has 33 heavy (non-hydrogen) atoms. The maximum atomic E-state index is 14.0. The van der Waals surface area contributed by atoms with Crippen LogP contribution >= 0.6 is 23.1 Å². The molecule has 1 aliphatic rings. The summed E-state index contributed by atoms with van der Waals surface area (Å²) in [4.78, 5) is 33.3. The van der Waals surface area contributed by atoms with Crippen molar-refractivity contribution in [1.82, 2.24) is 9.55 Å². The number of carbonyl (C=O) groups excluding carboxylic acids is 1. The molecule has 2 aromatic heterocycles. The summed E-state index contributed by atoms with van der Waals surface area (Å²) < 4.78 is 7.14. The fourth-order valence-electron chi connectivity index (χ4n) is 4.32. The molecular formula is C25H23N3O3S2. The lowest BCUT2D eigenvalue weighted by Crippen LogP contribution is -2.25. The Kier molecular flexibility index (Phi) is 5.95. The average Bonchev–Trinajstić information content (AvgIpc) is 3.21. The first-order valence-corrected chi connectivity index (χ1v) is 12.5. The molecule has 1 atom stereocenters. The maximum absolute atomic E-state index is 14.0. The van der Waals surface area contributed by atoms with Gasteiger partial charge in [-0.3, -0.25) is 14.2 Å². The zero-order chi connectivity index (χ0) is 22.9. The molecule has 0 spiro atoms. The molecular weight excluding hydrogens is 454 g/mol. The second kappa shape index (κ2) is 9.03. The largest absolute Gasteiger partial charge is 0.495 e. The number of nitrogens with two attached hydrogens (primary N) is 1. The van der Waals surface area contributed by atoms with E-state index < -0.39 is 11.2 Å². The van der Waals surface area contributed by atoms with E-state index in [1.165, 1.54) is 16.6 Å². The van der Waals surface area contributed by atoms with E-state index in [4.69, 9.17) is 15.5 Å². The Balaban J connectivity index is 1.76. The lowest BCUT2D eigenvalue weighted by Gasteiger charge is -2.18. The first kappa shape index (κ1) is 21.7. The number of hydrogen-bond donors (Lipinski definition) is 1. The lowest BCUT2D eigenvalue weighted by atomic mass is 9.97. The molecule has 0 bridgehead atoms. The van der Waals surface area contributed by atoms with E-state index in [1.807, 2.05) is 54.6 Å². The highest BCUT2D eigenvalue weighted by Gasteiger charge is 2.27. The molecule has 0 saturated heterocycles. The van der Waals surface area contributed by atoms with E-state index in [1.54, 1.807) is 23.0 Å². The Labute approximate surface area is 199 Å².